The van der Waals surface area contributed by atoms with Gasteiger partial charge in [0.15, 0.2) is 0 Å². The smallest absolute Gasteiger partial charge is 0.266 e. The van der Waals surface area contributed by atoms with Gasteiger partial charge in [-0.15, -0.1) is 0 Å². The maximum Gasteiger partial charge on any atom is 0.266 e. The van der Waals surface area contributed by atoms with Crippen molar-refractivity contribution in [3.63, 3.8) is 0 Å². The molecule has 1 N–H and O–H groups in total. The number of amides is 2. The van der Waals surface area contributed by atoms with Gasteiger partial charge in [0.25, 0.3) is 11.8 Å². The Morgan fingerprint density at radius 2 is 2.03 bits per heavy atom. The summed E-state index contributed by atoms with van der Waals surface area (Å²) in [4.78, 5) is 26.9. The highest BCUT2D eigenvalue weighted by Crippen LogP contribution is 2.32. The second-order valence-electron chi connectivity index (χ2n) is 5.99. The fourth-order valence-electron chi connectivity index (χ4n) is 2.60. The van der Waals surface area contributed by atoms with Crippen LogP contribution in [0.3, 0.4) is 0 Å². The van der Waals surface area contributed by atoms with Gasteiger partial charge in [-0.1, -0.05) is 59.3 Å². The number of nitrogens with zero attached hydrogens (tertiary/aromatic N) is 1. The molecule has 29 heavy (non-hydrogen) atoms. The van der Waals surface area contributed by atoms with Gasteiger partial charge in [0, 0.05) is 18.7 Å². The predicted molar refractivity (Wildman–Crippen MR) is 122 cm³/mol. The van der Waals surface area contributed by atoms with Crippen molar-refractivity contribution in [2.75, 3.05) is 20.2 Å². The van der Waals surface area contributed by atoms with Gasteiger partial charge in [0.1, 0.15) is 10.1 Å². The molecule has 9 heteroatoms. The lowest BCUT2D eigenvalue weighted by molar-refractivity contribution is -0.122. The maximum absolute atomic E-state index is 12.7. The summed E-state index contributed by atoms with van der Waals surface area (Å²) in [7, 11) is 1.59. The van der Waals surface area contributed by atoms with Crippen molar-refractivity contribution in [2.24, 2.45) is 0 Å². The number of hydrogen-bond acceptors (Lipinski definition) is 5. The Balaban J connectivity index is 1.60. The second kappa shape index (κ2) is 9.63. The molecule has 3 rings (SSSR count). The summed E-state index contributed by atoms with van der Waals surface area (Å²) in [6, 6.07) is 12.0. The molecule has 0 radical (unpaired) electrons. The summed E-state index contributed by atoms with van der Waals surface area (Å²) >= 11 is 18.3. The van der Waals surface area contributed by atoms with Gasteiger partial charge in [-0.05, 0) is 42.0 Å². The monoisotopic (exact) mass is 466 g/mol. The molecule has 150 valence electrons. The van der Waals surface area contributed by atoms with E-state index in [0.717, 1.165) is 5.56 Å². The molecule has 5 nitrogen and oxygen atoms in total. The lowest BCUT2D eigenvalue weighted by Gasteiger charge is -2.15. The van der Waals surface area contributed by atoms with E-state index >= 15 is 0 Å². The van der Waals surface area contributed by atoms with Crippen LogP contribution in [-0.2, 0) is 4.79 Å². The molecule has 1 fully saturated rings. The standard InChI is InChI=1S/C20H16Cl2N2O3S2/c1-27-14-4-2-3-12(9-14)10-17-19(26)24(20(28)29-17)8-7-23-18(25)13-5-6-15(21)16(22)11-13/h2-6,9-11H,7-8H2,1H3,(H,23,25)/b17-10+. The SMILES string of the molecule is COc1cccc(/C=C2/SC(=S)N(CCNC(=O)c3ccc(Cl)c(Cl)c3)C2=O)c1. The highest BCUT2D eigenvalue weighted by atomic mass is 35.5. The number of thiocarbonyl (C=S) groups is 1. The van der Waals surface area contributed by atoms with E-state index in [-0.39, 0.29) is 24.9 Å². The van der Waals surface area contributed by atoms with Crippen molar-refractivity contribution in [1.29, 1.82) is 0 Å². The molecular formula is C20H16Cl2N2O3S2. The van der Waals surface area contributed by atoms with Crippen LogP contribution in [0.2, 0.25) is 10.0 Å². The highest BCUT2D eigenvalue weighted by Gasteiger charge is 2.31. The van der Waals surface area contributed by atoms with Crippen LogP contribution >= 0.6 is 47.2 Å². The van der Waals surface area contributed by atoms with Gasteiger partial charge >= 0.3 is 0 Å². The molecule has 2 amide bonds. The van der Waals surface area contributed by atoms with Gasteiger partial charge in [-0.2, -0.15) is 0 Å². The Hall–Kier alpha value is -2.06. The summed E-state index contributed by atoms with van der Waals surface area (Å²) in [5.41, 5.74) is 1.24. The summed E-state index contributed by atoms with van der Waals surface area (Å²) in [6.45, 7) is 0.519. The minimum atomic E-state index is -0.305. The van der Waals surface area contributed by atoms with Crippen molar-refractivity contribution in [3.8, 4) is 5.75 Å². The van der Waals surface area contributed by atoms with Crippen LogP contribution < -0.4 is 10.1 Å². The first kappa shape index (κ1) is 21.6. The number of benzene rings is 2. The van der Waals surface area contributed by atoms with Crippen molar-refractivity contribution >= 4 is 69.4 Å². The second-order valence-corrected chi connectivity index (χ2v) is 8.48. The van der Waals surface area contributed by atoms with Crippen molar-refractivity contribution < 1.29 is 14.3 Å². The number of ether oxygens (including phenoxy) is 1. The zero-order valence-electron chi connectivity index (χ0n) is 15.3. The third kappa shape index (κ3) is 5.30. The van der Waals surface area contributed by atoms with E-state index in [1.807, 2.05) is 24.3 Å². The molecule has 1 saturated heterocycles. The Morgan fingerprint density at radius 1 is 1.24 bits per heavy atom. The summed E-state index contributed by atoms with van der Waals surface area (Å²) < 4.78 is 5.65. The largest absolute Gasteiger partial charge is 0.497 e. The average molecular weight is 467 g/mol. The van der Waals surface area contributed by atoms with Crippen LogP contribution in [0.5, 0.6) is 5.75 Å². The lowest BCUT2D eigenvalue weighted by Crippen LogP contribution is -2.37. The Labute approximate surface area is 188 Å². The molecule has 2 aromatic carbocycles. The van der Waals surface area contributed by atoms with Crippen LogP contribution in [0, 0.1) is 0 Å². The minimum absolute atomic E-state index is 0.188. The van der Waals surface area contributed by atoms with Gasteiger partial charge in [0.2, 0.25) is 0 Å². The normalized spacial score (nSPS) is 15.1. The molecule has 2 aromatic rings. The average Bonchev–Trinajstić information content (AvgIpc) is 2.97. The number of rotatable bonds is 6. The van der Waals surface area contributed by atoms with Crippen molar-refractivity contribution in [3.05, 3.63) is 68.5 Å². The Bertz CT molecular complexity index is 1010. The number of carbonyl (C=O) groups excluding carboxylic acids is 2. The van der Waals surface area contributed by atoms with Gasteiger partial charge in [-0.3, -0.25) is 14.5 Å². The molecule has 1 heterocycles. The number of thioether (sulfide) groups is 1. The van der Waals surface area contributed by atoms with E-state index in [2.05, 4.69) is 5.32 Å². The van der Waals surface area contributed by atoms with Gasteiger partial charge in [-0.25, -0.2) is 0 Å². The van der Waals surface area contributed by atoms with Crippen LogP contribution in [0.4, 0.5) is 0 Å². The zero-order valence-corrected chi connectivity index (χ0v) is 18.4. The van der Waals surface area contributed by atoms with Crippen molar-refractivity contribution in [2.45, 2.75) is 0 Å². The summed E-state index contributed by atoms with van der Waals surface area (Å²) in [5, 5.41) is 3.44. The third-order valence-electron chi connectivity index (χ3n) is 4.07. The topological polar surface area (TPSA) is 58.6 Å². The Kier molecular flexibility index (Phi) is 7.18. The fourth-order valence-corrected chi connectivity index (χ4v) is 4.20. The lowest BCUT2D eigenvalue weighted by atomic mass is 10.2. The van der Waals surface area contributed by atoms with Crippen LogP contribution in [0.25, 0.3) is 6.08 Å². The third-order valence-corrected chi connectivity index (χ3v) is 6.18. The van der Waals surface area contributed by atoms with E-state index in [9.17, 15) is 9.59 Å². The number of nitrogens with one attached hydrogen (secondary N) is 1. The predicted octanol–water partition coefficient (Wildman–Crippen LogP) is 4.63. The summed E-state index contributed by atoms with van der Waals surface area (Å²) in [5.74, 6) is 0.215. The number of halogens is 2. The van der Waals surface area contributed by atoms with Crippen LogP contribution in [0.15, 0.2) is 47.4 Å². The quantitative estimate of drug-likeness (QED) is 0.496. The van der Waals surface area contributed by atoms with Crippen molar-refractivity contribution in [1.82, 2.24) is 10.2 Å². The van der Waals surface area contributed by atoms with E-state index in [0.29, 0.717) is 30.6 Å². The molecule has 0 saturated carbocycles. The Morgan fingerprint density at radius 3 is 2.76 bits per heavy atom. The number of hydrogen-bond donors (Lipinski definition) is 1. The molecule has 0 bridgehead atoms. The van der Waals surface area contributed by atoms with Crippen LogP contribution in [0.1, 0.15) is 15.9 Å². The molecule has 0 spiro atoms. The molecule has 1 aliphatic rings. The maximum atomic E-state index is 12.7. The van der Waals surface area contributed by atoms with E-state index < -0.39 is 0 Å². The molecule has 0 unspecified atom stereocenters. The first-order valence-electron chi connectivity index (χ1n) is 8.51. The first-order chi connectivity index (χ1) is 13.9. The van der Waals surface area contributed by atoms with Gasteiger partial charge in [0.05, 0.1) is 22.1 Å². The first-order valence-corrected chi connectivity index (χ1v) is 10.5. The minimum Gasteiger partial charge on any atom is -0.497 e. The molecule has 0 aromatic heterocycles. The highest BCUT2D eigenvalue weighted by molar-refractivity contribution is 8.26. The number of methoxy groups -OCH3 is 1. The molecular weight excluding hydrogens is 451 g/mol. The number of carbonyl (C=O) groups is 2. The van der Waals surface area contributed by atoms with Crippen LogP contribution in [-0.4, -0.2) is 41.2 Å². The van der Waals surface area contributed by atoms with E-state index in [4.69, 9.17) is 40.2 Å². The molecule has 0 aliphatic carbocycles. The fraction of sp³-hybridized carbons (Fsp3) is 0.150. The van der Waals surface area contributed by atoms with E-state index in [1.54, 1.807) is 25.3 Å². The van der Waals surface area contributed by atoms with Gasteiger partial charge < -0.3 is 10.1 Å². The summed E-state index contributed by atoms with van der Waals surface area (Å²) in [6.07, 6.45) is 1.77. The zero-order chi connectivity index (χ0) is 21.0. The molecule has 0 atom stereocenters. The van der Waals surface area contributed by atoms with E-state index in [1.165, 1.54) is 22.7 Å². The molecule has 1 aliphatic heterocycles.